The van der Waals surface area contributed by atoms with Gasteiger partial charge in [0.2, 0.25) is 0 Å². The molecule has 4 heteroatoms. The van der Waals surface area contributed by atoms with Crippen LogP contribution in [0.4, 0.5) is 0 Å². The van der Waals surface area contributed by atoms with Crippen LogP contribution in [0, 0.1) is 0 Å². The average molecular weight is 288 g/mol. The molecule has 0 saturated carbocycles. The lowest BCUT2D eigenvalue weighted by atomic mass is 10.0. The van der Waals surface area contributed by atoms with Crippen molar-refractivity contribution in [3.63, 3.8) is 0 Å². The first-order chi connectivity index (χ1) is 9.72. The minimum absolute atomic E-state index is 0.0420. The molecule has 0 fully saturated rings. The summed E-state index contributed by atoms with van der Waals surface area (Å²) >= 11 is 3.99. The maximum atomic E-state index is 11.3. The zero-order chi connectivity index (χ0) is 14.4. The van der Waals surface area contributed by atoms with E-state index in [-0.39, 0.29) is 12.6 Å². The number of hydrogen-bond donors (Lipinski definition) is 2. The molecular formula is C16H16O3S. The predicted octanol–water partition coefficient (Wildman–Crippen LogP) is 3.07. The minimum atomic E-state index is -0.278. The Morgan fingerprint density at radius 3 is 2.05 bits per heavy atom. The molecule has 3 nitrogen and oxygen atoms in total. The summed E-state index contributed by atoms with van der Waals surface area (Å²) < 4.78 is 5.16. The molecule has 1 N–H and O–H groups in total. The predicted molar refractivity (Wildman–Crippen MR) is 81.9 cm³/mol. The van der Waals surface area contributed by atoms with E-state index >= 15 is 0 Å². The van der Waals surface area contributed by atoms with Crippen molar-refractivity contribution in [1.82, 2.24) is 0 Å². The molecule has 0 aliphatic rings. The number of rotatable bonds is 5. The summed E-state index contributed by atoms with van der Waals surface area (Å²) in [6.45, 7) is 0.0420. The number of ether oxygens (including phenoxy) is 1. The second-order valence-corrected chi connectivity index (χ2v) is 4.77. The van der Waals surface area contributed by atoms with Crippen LogP contribution in [0.1, 0.15) is 12.0 Å². The highest BCUT2D eigenvalue weighted by molar-refractivity contribution is 7.80. The molecule has 2 rings (SSSR count). The van der Waals surface area contributed by atoms with Crippen LogP contribution < -0.4 is 4.74 Å². The molecule has 0 amide bonds. The van der Waals surface area contributed by atoms with Gasteiger partial charge >= 0.3 is 5.97 Å². The second kappa shape index (κ2) is 7.12. The summed E-state index contributed by atoms with van der Waals surface area (Å²) in [4.78, 5) is 11.3. The number of carbonyl (C=O) groups excluding carboxylic acids is 1. The fourth-order valence-electron chi connectivity index (χ4n) is 1.79. The summed E-state index contributed by atoms with van der Waals surface area (Å²) in [5.41, 5.74) is 2.96. The normalized spacial score (nSPS) is 10.3. The number of carbonyl (C=O) groups is 1. The third-order valence-electron chi connectivity index (χ3n) is 2.87. The molecule has 104 valence electrons. The second-order valence-electron chi connectivity index (χ2n) is 4.33. The largest absolute Gasteiger partial charge is 0.427 e. The Labute approximate surface area is 123 Å². The smallest absolute Gasteiger partial charge is 0.312 e. The van der Waals surface area contributed by atoms with Crippen LogP contribution in [0.5, 0.6) is 5.75 Å². The Kier molecular flexibility index (Phi) is 5.21. The van der Waals surface area contributed by atoms with Gasteiger partial charge in [0, 0.05) is 5.75 Å². The SMILES string of the molecule is O=C(CCS)Oc1ccc(-c2ccc(CO)cc2)cc1. The van der Waals surface area contributed by atoms with Crippen molar-refractivity contribution in [2.24, 2.45) is 0 Å². The van der Waals surface area contributed by atoms with Gasteiger partial charge < -0.3 is 9.84 Å². The van der Waals surface area contributed by atoms with E-state index in [1.165, 1.54) is 0 Å². The molecule has 0 aromatic heterocycles. The summed E-state index contributed by atoms with van der Waals surface area (Å²) in [6, 6.07) is 15.0. The van der Waals surface area contributed by atoms with Gasteiger partial charge in [0.05, 0.1) is 13.0 Å². The van der Waals surface area contributed by atoms with E-state index in [1.54, 1.807) is 12.1 Å². The van der Waals surface area contributed by atoms with Crippen LogP contribution in [0.2, 0.25) is 0 Å². The first-order valence-corrected chi connectivity index (χ1v) is 6.98. The van der Waals surface area contributed by atoms with E-state index in [0.717, 1.165) is 16.7 Å². The topological polar surface area (TPSA) is 46.5 Å². The van der Waals surface area contributed by atoms with Gasteiger partial charge in [-0.25, -0.2) is 0 Å². The van der Waals surface area contributed by atoms with Crippen molar-refractivity contribution >= 4 is 18.6 Å². The van der Waals surface area contributed by atoms with Gasteiger partial charge in [0.25, 0.3) is 0 Å². The van der Waals surface area contributed by atoms with Gasteiger partial charge in [-0.1, -0.05) is 36.4 Å². The Bertz CT molecular complexity index is 561. The number of esters is 1. The first-order valence-electron chi connectivity index (χ1n) is 6.34. The zero-order valence-electron chi connectivity index (χ0n) is 11.0. The number of benzene rings is 2. The lowest BCUT2D eigenvalue weighted by Crippen LogP contribution is -2.07. The molecule has 0 unspecified atom stereocenters. The molecule has 0 aliphatic heterocycles. The molecule has 0 spiro atoms. The van der Waals surface area contributed by atoms with Gasteiger partial charge in [0.1, 0.15) is 5.75 Å². The number of aliphatic hydroxyl groups is 1. The molecule has 0 radical (unpaired) electrons. The van der Waals surface area contributed by atoms with E-state index in [0.29, 0.717) is 17.9 Å². The van der Waals surface area contributed by atoms with E-state index in [2.05, 4.69) is 12.6 Å². The van der Waals surface area contributed by atoms with E-state index in [9.17, 15) is 4.79 Å². The van der Waals surface area contributed by atoms with Crippen molar-refractivity contribution in [2.75, 3.05) is 5.75 Å². The lowest BCUT2D eigenvalue weighted by molar-refractivity contribution is -0.133. The third kappa shape index (κ3) is 3.85. The average Bonchev–Trinajstić information content (AvgIpc) is 2.48. The highest BCUT2D eigenvalue weighted by Crippen LogP contribution is 2.23. The molecule has 0 heterocycles. The van der Waals surface area contributed by atoms with Crippen LogP contribution in [-0.2, 0) is 11.4 Å². The van der Waals surface area contributed by atoms with Gasteiger partial charge in [-0.05, 0) is 28.8 Å². The summed E-state index contributed by atoms with van der Waals surface area (Å²) in [5, 5.41) is 9.01. The summed E-state index contributed by atoms with van der Waals surface area (Å²) in [7, 11) is 0. The van der Waals surface area contributed by atoms with Crippen molar-refractivity contribution in [3.05, 3.63) is 54.1 Å². The molecule has 0 aliphatic carbocycles. The highest BCUT2D eigenvalue weighted by atomic mass is 32.1. The standard InChI is InChI=1S/C16H16O3S/c17-11-12-1-3-13(4-2-12)14-5-7-15(8-6-14)19-16(18)9-10-20/h1-8,17,20H,9-11H2. The van der Waals surface area contributed by atoms with Crippen molar-refractivity contribution in [2.45, 2.75) is 13.0 Å². The van der Waals surface area contributed by atoms with Gasteiger partial charge in [-0.3, -0.25) is 4.79 Å². The van der Waals surface area contributed by atoms with E-state index in [1.807, 2.05) is 36.4 Å². The Morgan fingerprint density at radius 1 is 1.00 bits per heavy atom. The van der Waals surface area contributed by atoms with Crippen LogP contribution in [0.25, 0.3) is 11.1 Å². The molecule has 0 bridgehead atoms. The first kappa shape index (κ1) is 14.6. The fraction of sp³-hybridized carbons (Fsp3) is 0.188. The van der Waals surface area contributed by atoms with Crippen molar-refractivity contribution in [3.8, 4) is 16.9 Å². The Balaban J connectivity index is 2.08. The Hall–Kier alpha value is -1.78. The van der Waals surface area contributed by atoms with Crippen LogP contribution in [0.3, 0.4) is 0 Å². The highest BCUT2D eigenvalue weighted by Gasteiger charge is 2.04. The zero-order valence-corrected chi connectivity index (χ0v) is 11.8. The molecule has 2 aromatic carbocycles. The fourth-order valence-corrected chi connectivity index (χ4v) is 1.97. The third-order valence-corrected chi connectivity index (χ3v) is 3.10. The maximum absolute atomic E-state index is 11.3. The number of aliphatic hydroxyl groups excluding tert-OH is 1. The molecule has 2 aromatic rings. The van der Waals surface area contributed by atoms with Gasteiger partial charge in [-0.15, -0.1) is 0 Å². The molecular weight excluding hydrogens is 272 g/mol. The molecule has 20 heavy (non-hydrogen) atoms. The van der Waals surface area contributed by atoms with Crippen LogP contribution in [-0.4, -0.2) is 16.8 Å². The Morgan fingerprint density at radius 2 is 1.55 bits per heavy atom. The van der Waals surface area contributed by atoms with Crippen molar-refractivity contribution in [1.29, 1.82) is 0 Å². The van der Waals surface area contributed by atoms with Gasteiger partial charge in [0.15, 0.2) is 0 Å². The van der Waals surface area contributed by atoms with Crippen LogP contribution in [0.15, 0.2) is 48.5 Å². The van der Waals surface area contributed by atoms with E-state index in [4.69, 9.17) is 9.84 Å². The maximum Gasteiger partial charge on any atom is 0.312 e. The molecule has 0 saturated heterocycles. The monoisotopic (exact) mass is 288 g/mol. The number of hydrogen-bond acceptors (Lipinski definition) is 4. The molecule has 0 atom stereocenters. The minimum Gasteiger partial charge on any atom is -0.427 e. The van der Waals surface area contributed by atoms with Crippen molar-refractivity contribution < 1.29 is 14.6 Å². The van der Waals surface area contributed by atoms with Gasteiger partial charge in [-0.2, -0.15) is 12.6 Å². The number of thiol groups is 1. The summed E-state index contributed by atoms with van der Waals surface area (Å²) in [6.07, 6.45) is 0.299. The quantitative estimate of drug-likeness (QED) is 0.505. The lowest BCUT2D eigenvalue weighted by Gasteiger charge is -2.06. The van der Waals surface area contributed by atoms with Crippen LogP contribution >= 0.6 is 12.6 Å². The summed E-state index contributed by atoms with van der Waals surface area (Å²) in [5.74, 6) is 0.737. The van der Waals surface area contributed by atoms with E-state index < -0.39 is 0 Å².